The Kier molecular flexibility index (Phi) is 6.68. The van der Waals surface area contributed by atoms with Crippen molar-refractivity contribution in [3.8, 4) is 5.75 Å². The van der Waals surface area contributed by atoms with Gasteiger partial charge in [-0.05, 0) is 25.3 Å². The summed E-state index contributed by atoms with van der Waals surface area (Å²) in [6.07, 6.45) is 4.34. The third-order valence-electron chi connectivity index (χ3n) is 5.16. The molecule has 1 fully saturated rings. The summed E-state index contributed by atoms with van der Waals surface area (Å²) in [6.45, 7) is 4.35. The molecular weight excluding hydrogens is 354 g/mol. The molecule has 0 spiro atoms. The van der Waals surface area contributed by atoms with Crippen LogP contribution < -0.4 is 15.0 Å². The molecule has 150 valence electrons. The second-order valence-electron chi connectivity index (χ2n) is 7.10. The first-order valence-corrected chi connectivity index (χ1v) is 9.80. The highest BCUT2D eigenvalue weighted by Crippen LogP contribution is 2.20. The molecule has 7 heteroatoms. The number of ether oxygens (including phenoxy) is 1. The summed E-state index contributed by atoms with van der Waals surface area (Å²) in [7, 11) is 3.46. The summed E-state index contributed by atoms with van der Waals surface area (Å²) >= 11 is 0. The minimum Gasteiger partial charge on any atom is -0.496 e. The first-order chi connectivity index (χ1) is 13.6. The molecule has 3 rings (SSSR count). The van der Waals surface area contributed by atoms with Gasteiger partial charge in [-0.25, -0.2) is 14.8 Å². The summed E-state index contributed by atoms with van der Waals surface area (Å²) < 4.78 is 5.37. The normalized spacial score (nSPS) is 14.6. The van der Waals surface area contributed by atoms with Gasteiger partial charge in [0, 0.05) is 43.5 Å². The summed E-state index contributed by atoms with van der Waals surface area (Å²) in [4.78, 5) is 25.2. The number of anilines is 1. The maximum absolute atomic E-state index is 12.6. The van der Waals surface area contributed by atoms with E-state index in [1.165, 1.54) is 0 Å². The first-order valence-electron chi connectivity index (χ1n) is 9.80. The van der Waals surface area contributed by atoms with E-state index in [1.54, 1.807) is 18.3 Å². The standard InChI is InChI=1S/C21H29N5O2/c1-4-17-13-20(23-15-22-17)26-11-9-18(10-12-26)24-21(27)25(2)14-16-7-5-6-8-19(16)28-3/h5-8,13,15,18H,4,9-12,14H2,1-3H3,(H,24,27). The number of hydrogen-bond donors (Lipinski definition) is 1. The molecule has 2 heterocycles. The van der Waals surface area contributed by atoms with Gasteiger partial charge in [0.1, 0.15) is 17.9 Å². The fourth-order valence-electron chi connectivity index (χ4n) is 3.45. The molecule has 2 aromatic rings. The van der Waals surface area contributed by atoms with Crippen molar-refractivity contribution in [2.75, 3.05) is 32.1 Å². The van der Waals surface area contributed by atoms with Crippen molar-refractivity contribution in [2.24, 2.45) is 0 Å². The van der Waals surface area contributed by atoms with Gasteiger partial charge in [-0.3, -0.25) is 0 Å². The zero-order valence-electron chi connectivity index (χ0n) is 16.9. The van der Waals surface area contributed by atoms with E-state index < -0.39 is 0 Å². The predicted octanol–water partition coefficient (Wildman–Crippen LogP) is 2.86. The molecule has 1 aliphatic heterocycles. The quantitative estimate of drug-likeness (QED) is 0.831. The van der Waals surface area contributed by atoms with E-state index in [0.717, 1.165) is 55.2 Å². The Morgan fingerprint density at radius 1 is 1.29 bits per heavy atom. The summed E-state index contributed by atoms with van der Waals surface area (Å²) in [6, 6.07) is 9.95. The number of para-hydroxylation sites is 1. The fourth-order valence-corrected chi connectivity index (χ4v) is 3.45. The van der Waals surface area contributed by atoms with Gasteiger partial charge < -0.3 is 19.9 Å². The highest BCUT2D eigenvalue weighted by molar-refractivity contribution is 5.74. The van der Waals surface area contributed by atoms with Gasteiger partial charge in [0.05, 0.1) is 13.7 Å². The maximum atomic E-state index is 12.6. The van der Waals surface area contributed by atoms with Crippen LogP contribution in [0.2, 0.25) is 0 Å². The molecule has 0 aliphatic carbocycles. The lowest BCUT2D eigenvalue weighted by molar-refractivity contribution is 0.199. The SMILES string of the molecule is CCc1cc(N2CCC(NC(=O)N(C)Cc3ccccc3OC)CC2)ncn1. The summed E-state index contributed by atoms with van der Waals surface area (Å²) in [5.41, 5.74) is 2.05. The molecule has 0 radical (unpaired) electrons. The fraction of sp³-hybridized carbons (Fsp3) is 0.476. The van der Waals surface area contributed by atoms with Gasteiger partial charge in [-0.1, -0.05) is 25.1 Å². The topological polar surface area (TPSA) is 70.6 Å². The van der Waals surface area contributed by atoms with Crippen LogP contribution in [0, 0.1) is 0 Å². The predicted molar refractivity (Wildman–Crippen MR) is 110 cm³/mol. The van der Waals surface area contributed by atoms with Crippen LogP contribution in [-0.2, 0) is 13.0 Å². The number of urea groups is 1. The lowest BCUT2D eigenvalue weighted by atomic mass is 10.1. The highest BCUT2D eigenvalue weighted by Gasteiger charge is 2.23. The molecule has 2 amide bonds. The number of carbonyl (C=O) groups excluding carboxylic acids is 1. The number of aryl methyl sites for hydroxylation is 1. The molecule has 1 saturated heterocycles. The number of amides is 2. The van der Waals surface area contributed by atoms with Crippen molar-refractivity contribution in [1.82, 2.24) is 20.2 Å². The molecule has 1 aliphatic rings. The average Bonchev–Trinajstić information content (AvgIpc) is 2.74. The van der Waals surface area contributed by atoms with Gasteiger partial charge in [0.2, 0.25) is 0 Å². The third kappa shape index (κ3) is 4.91. The van der Waals surface area contributed by atoms with Gasteiger partial charge in [0.15, 0.2) is 0 Å². The van der Waals surface area contributed by atoms with Crippen molar-refractivity contribution in [2.45, 2.75) is 38.8 Å². The van der Waals surface area contributed by atoms with E-state index in [4.69, 9.17) is 4.74 Å². The van der Waals surface area contributed by atoms with Crippen LogP contribution in [0.5, 0.6) is 5.75 Å². The Bertz CT molecular complexity index is 790. The van der Waals surface area contributed by atoms with Crippen LogP contribution in [0.4, 0.5) is 10.6 Å². The Hall–Kier alpha value is -2.83. The largest absolute Gasteiger partial charge is 0.496 e. The number of aromatic nitrogens is 2. The van der Waals surface area contributed by atoms with Gasteiger partial charge >= 0.3 is 6.03 Å². The minimum atomic E-state index is -0.0559. The van der Waals surface area contributed by atoms with Crippen LogP contribution in [0.15, 0.2) is 36.7 Å². The third-order valence-corrected chi connectivity index (χ3v) is 5.16. The van der Waals surface area contributed by atoms with Crippen LogP contribution >= 0.6 is 0 Å². The number of methoxy groups -OCH3 is 1. The molecule has 0 bridgehead atoms. The number of nitrogens with one attached hydrogen (secondary N) is 1. The van der Waals surface area contributed by atoms with Crippen molar-refractivity contribution in [3.63, 3.8) is 0 Å². The van der Waals surface area contributed by atoms with Gasteiger partial charge in [-0.15, -0.1) is 0 Å². The van der Waals surface area contributed by atoms with Gasteiger partial charge in [-0.2, -0.15) is 0 Å². The second kappa shape index (κ2) is 9.39. The monoisotopic (exact) mass is 383 g/mol. The van der Waals surface area contributed by atoms with Crippen molar-refractivity contribution >= 4 is 11.8 Å². The smallest absolute Gasteiger partial charge is 0.317 e. The highest BCUT2D eigenvalue weighted by atomic mass is 16.5. The Morgan fingerprint density at radius 3 is 2.75 bits per heavy atom. The average molecular weight is 383 g/mol. The molecule has 1 aromatic heterocycles. The summed E-state index contributed by atoms with van der Waals surface area (Å²) in [5, 5.41) is 3.16. The lowest BCUT2D eigenvalue weighted by Crippen LogP contribution is -2.48. The summed E-state index contributed by atoms with van der Waals surface area (Å²) in [5.74, 6) is 1.77. The van der Waals surface area contributed by atoms with Crippen molar-refractivity contribution in [1.29, 1.82) is 0 Å². The maximum Gasteiger partial charge on any atom is 0.317 e. The number of hydrogen-bond acceptors (Lipinski definition) is 5. The zero-order chi connectivity index (χ0) is 19.9. The van der Waals surface area contributed by atoms with Gasteiger partial charge in [0.25, 0.3) is 0 Å². The molecule has 0 unspecified atom stereocenters. The Morgan fingerprint density at radius 2 is 2.04 bits per heavy atom. The van der Waals surface area contributed by atoms with Crippen LogP contribution in [-0.4, -0.2) is 54.2 Å². The van der Waals surface area contributed by atoms with E-state index in [0.29, 0.717) is 6.54 Å². The number of rotatable bonds is 6. The molecular formula is C21H29N5O2. The molecule has 1 aromatic carbocycles. The minimum absolute atomic E-state index is 0.0559. The Labute approximate surface area is 166 Å². The van der Waals surface area contributed by atoms with Crippen molar-refractivity contribution in [3.05, 3.63) is 47.9 Å². The number of piperidine rings is 1. The number of carbonyl (C=O) groups is 1. The van der Waals surface area contributed by atoms with E-state index >= 15 is 0 Å². The molecule has 7 nitrogen and oxygen atoms in total. The number of nitrogens with zero attached hydrogens (tertiary/aromatic N) is 4. The van der Waals surface area contributed by atoms with E-state index in [2.05, 4.69) is 33.2 Å². The van der Waals surface area contributed by atoms with Crippen molar-refractivity contribution < 1.29 is 9.53 Å². The second-order valence-corrected chi connectivity index (χ2v) is 7.10. The van der Waals surface area contributed by atoms with Crippen LogP contribution in [0.25, 0.3) is 0 Å². The molecule has 0 atom stereocenters. The Balaban J connectivity index is 1.50. The molecule has 28 heavy (non-hydrogen) atoms. The van der Waals surface area contributed by atoms with E-state index in [-0.39, 0.29) is 12.1 Å². The molecule has 1 N–H and O–H groups in total. The number of benzene rings is 1. The first kappa shape index (κ1) is 19.9. The molecule has 0 saturated carbocycles. The van der Waals surface area contributed by atoms with Crippen LogP contribution in [0.1, 0.15) is 31.0 Å². The lowest BCUT2D eigenvalue weighted by Gasteiger charge is -2.34. The van der Waals surface area contributed by atoms with E-state index in [9.17, 15) is 4.79 Å². The zero-order valence-corrected chi connectivity index (χ0v) is 16.9. The van der Waals surface area contributed by atoms with Crippen LogP contribution in [0.3, 0.4) is 0 Å². The van der Waals surface area contributed by atoms with E-state index in [1.807, 2.05) is 31.3 Å².